The molecule has 1 unspecified atom stereocenters. The van der Waals surface area contributed by atoms with Crippen molar-refractivity contribution in [1.29, 1.82) is 0 Å². The van der Waals surface area contributed by atoms with Gasteiger partial charge in [0, 0.05) is 30.3 Å². The molecule has 0 aliphatic carbocycles. The van der Waals surface area contributed by atoms with Gasteiger partial charge in [-0.25, -0.2) is 4.79 Å². The van der Waals surface area contributed by atoms with Crippen LogP contribution in [0, 0.1) is 0 Å². The number of carbonyl (C=O) groups is 1. The summed E-state index contributed by atoms with van der Waals surface area (Å²) in [5, 5.41) is 6.90. The lowest BCUT2D eigenvalue weighted by molar-refractivity contribution is 0.133. The Labute approximate surface area is 170 Å². The Kier molecular flexibility index (Phi) is 8.03. The lowest BCUT2D eigenvalue weighted by Gasteiger charge is -2.36. The van der Waals surface area contributed by atoms with Gasteiger partial charge in [-0.1, -0.05) is 11.6 Å². The van der Waals surface area contributed by atoms with Crippen molar-refractivity contribution in [2.45, 2.75) is 6.04 Å². The van der Waals surface area contributed by atoms with Crippen molar-refractivity contribution in [1.82, 2.24) is 10.2 Å². The summed E-state index contributed by atoms with van der Waals surface area (Å²) in [7, 11) is 1.61. The first kappa shape index (κ1) is 21.2. The molecule has 3 rings (SSSR count). The molecule has 0 aromatic heterocycles. The third kappa shape index (κ3) is 5.92. The molecule has 2 aromatic carbocycles. The van der Waals surface area contributed by atoms with Crippen LogP contribution in [-0.4, -0.2) is 50.3 Å². The second-order valence-electron chi connectivity index (χ2n) is 5.97. The molecule has 6 nitrogen and oxygen atoms in total. The molecule has 146 valence electrons. The number of anilines is 1. The van der Waals surface area contributed by atoms with Crippen molar-refractivity contribution in [3.63, 3.8) is 0 Å². The van der Waals surface area contributed by atoms with Crippen molar-refractivity contribution in [2.24, 2.45) is 0 Å². The van der Waals surface area contributed by atoms with Crippen LogP contribution in [-0.2, 0) is 0 Å². The maximum Gasteiger partial charge on any atom is 0.322 e. The van der Waals surface area contributed by atoms with E-state index in [2.05, 4.69) is 10.6 Å². The third-order valence-electron chi connectivity index (χ3n) is 4.21. The van der Waals surface area contributed by atoms with Crippen molar-refractivity contribution in [3.8, 4) is 11.5 Å². The quantitative estimate of drug-likeness (QED) is 0.787. The number of carbonyl (C=O) groups excluding carboxylic acids is 1. The van der Waals surface area contributed by atoms with Crippen molar-refractivity contribution in [2.75, 3.05) is 38.7 Å². The van der Waals surface area contributed by atoms with E-state index in [1.807, 2.05) is 36.4 Å². The van der Waals surface area contributed by atoms with E-state index in [-0.39, 0.29) is 24.5 Å². The summed E-state index contributed by atoms with van der Waals surface area (Å²) in [6, 6.07) is 14.3. The largest absolute Gasteiger partial charge is 0.497 e. The minimum absolute atomic E-state index is 0. The molecule has 0 radical (unpaired) electrons. The molecule has 27 heavy (non-hydrogen) atoms. The molecule has 2 N–H and O–H groups in total. The van der Waals surface area contributed by atoms with Gasteiger partial charge in [-0.05, 0) is 48.5 Å². The normalized spacial score (nSPS) is 16.2. The topological polar surface area (TPSA) is 62.8 Å². The van der Waals surface area contributed by atoms with Crippen LogP contribution in [0.15, 0.2) is 48.5 Å². The molecule has 1 aliphatic rings. The minimum Gasteiger partial charge on any atom is -0.497 e. The molecule has 1 heterocycles. The number of methoxy groups -OCH3 is 1. The highest BCUT2D eigenvalue weighted by Crippen LogP contribution is 2.18. The minimum atomic E-state index is -0.138. The number of hydrogen-bond acceptors (Lipinski definition) is 4. The lowest BCUT2D eigenvalue weighted by Crippen LogP contribution is -2.57. The fraction of sp³-hybridized carbons (Fsp3) is 0.316. The predicted molar refractivity (Wildman–Crippen MR) is 110 cm³/mol. The second-order valence-corrected chi connectivity index (χ2v) is 6.41. The number of rotatable bonds is 5. The van der Waals surface area contributed by atoms with Gasteiger partial charge in [0.1, 0.15) is 18.1 Å². The molecule has 1 atom stereocenters. The highest BCUT2D eigenvalue weighted by molar-refractivity contribution is 6.30. The number of ether oxygens (including phenoxy) is 2. The van der Waals surface area contributed by atoms with Gasteiger partial charge in [-0.3, -0.25) is 0 Å². The zero-order chi connectivity index (χ0) is 18.4. The average molecular weight is 412 g/mol. The first-order valence-corrected chi connectivity index (χ1v) is 8.84. The standard InChI is InChI=1S/C19H22ClN3O3.ClH/c1-25-17-8-4-15(5-9-17)22-19(24)23-11-10-21-12-16(23)13-26-18-6-2-14(20)3-7-18;/h2-9,16,21H,10-13H2,1H3,(H,22,24);1H. The SMILES string of the molecule is COc1ccc(NC(=O)N2CCNCC2COc2ccc(Cl)cc2)cc1.Cl. The fourth-order valence-corrected chi connectivity index (χ4v) is 2.90. The number of hydrogen-bond donors (Lipinski definition) is 2. The van der Waals surface area contributed by atoms with Crippen molar-refractivity contribution < 1.29 is 14.3 Å². The van der Waals surface area contributed by atoms with Gasteiger partial charge >= 0.3 is 6.03 Å². The maximum absolute atomic E-state index is 12.7. The Hall–Kier alpha value is -2.15. The van der Waals surface area contributed by atoms with E-state index in [1.54, 1.807) is 24.1 Å². The maximum atomic E-state index is 12.7. The van der Waals surface area contributed by atoms with E-state index in [9.17, 15) is 4.79 Å². The highest BCUT2D eigenvalue weighted by atomic mass is 35.5. The van der Waals surface area contributed by atoms with Crippen LogP contribution in [0.1, 0.15) is 0 Å². The molecular formula is C19H23Cl2N3O3. The monoisotopic (exact) mass is 411 g/mol. The third-order valence-corrected chi connectivity index (χ3v) is 4.46. The summed E-state index contributed by atoms with van der Waals surface area (Å²) in [5.41, 5.74) is 0.728. The number of benzene rings is 2. The molecule has 1 aliphatic heterocycles. The summed E-state index contributed by atoms with van der Waals surface area (Å²) in [6.07, 6.45) is 0. The number of piperazine rings is 1. The molecule has 0 saturated carbocycles. The van der Waals surface area contributed by atoms with E-state index in [1.165, 1.54) is 0 Å². The fourth-order valence-electron chi connectivity index (χ4n) is 2.77. The van der Waals surface area contributed by atoms with Gasteiger partial charge in [0.2, 0.25) is 0 Å². The molecule has 0 spiro atoms. The Bertz CT molecular complexity index is 726. The zero-order valence-corrected chi connectivity index (χ0v) is 16.6. The molecule has 0 bridgehead atoms. The lowest BCUT2D eigenvalue weighted by atomic mass is 10.2. The molecule has 1 fully saturated rings. The summed E-state index contributed by atoms with van der Waals surface area (Å²) < 4.78 is 11.0. The Morgan fingerprint density at radius 2 is 1.85 bits per heavy atom. The van der Waals surface area contributed by atoms with E-state index in [0.29, 0.717) is 24.7 Å². The molecule has 2 amide bonds. The molecule has 1 saturated heterocycles. The first-order valence-electron chi connectivity index (χ1n) is 8.46. The Morgan fingerprint density at radius 3 is 2.52 bits per heavy atom. The zero-order valence-electron chi connectivity index (χ0n) is 15.0. The van der Waals surface area contributed by atoms with Gasteiger partial charge in [-0.2, -0.15) is 0 Å². The molecular weight excluding hydrogens is 389 g/mol. The van der Waals surface area contributed by atoms with Crippen LogP contribution < -0.4 is 20.1 Å². The van der Waals surface area contributed by atoms with Gasteiger partial charge in [0.25, 0.3) is 0 Å². The van der Waals surface area contributed by atoms with Gasteiger partial charge in [0.15, 0.2) is 0 Å². The van der Waals surface area contributed by atoms with Crippen LogP contribution in [0.5, 0.6) is 11.5 Å². The summed E-state index contributed by atoms with van der Waals surface area (Å²) in [6.45, 7) is 2.47. The summed E-state index contributed by atoms with van der Waals surface area (Å²) in [5.74, 6) is 1.48. The van der Waals surface area contributed by atoms with Crippen LogP contribution >= 0.6 is 24.0 Å². The van der Waals surface area contributed by atoms with E-state index < -0.39 is 0 Å². The van der Waals surface area contributed by atoms with Crippen LogP contribution in [0.2, 0.25) is 5.02 Å². The average Bonchev–Trinajstić information content (AvgIpc) is 2.68. The van der Waals surface area contributed by atoms with Gasteiger partial charge in [0.05, 0.1) is 13.2 Å². The summed E-state index contributed by atoms with van der Waals surface area (Å²) >= 11 is 5.89. The second kappa shape index (κ2) is 10.3. The smallest absolute Gasteiger partial charge is 0.322 e. The highest BCUT2D eigenvalue weighted by Gasteiger charge is 2.27. The number of halogens is 2. The predicted octanol–water partition coefficient (Wildman–Crippen LogP) is 3.66. The summed E-state index contributed by atoms with van der Waals surface area (Å²) in [4.78, 5) is 14.5. The number of nitrogens with one attached hydrogen (secondary N) is 2. The van der Waals surface area contributed by atoms with Gasteiger partial charge in [-0.15, -0.1) is 12.4 Å². The van der Waals surface area contributed by atoms with E-state index in [0.717, 1.165) is 23.7 Å². The van der Waals surface area contributed by atoms with Crippen LogP contribution in [0.3, 0.4) is 0 Å². The van der Waals surface area contributed by atoms with E-state index in [4.69, 9.17) is 21.1 Å². The van der Waals surface area contributed by atoms with Crippen LogP contribution in [0.25, 0.3) is 0 Å². The Morgan fingerprint density at radius 1 is 1.19 bits per heavy atom. The van der Waals surface area contributed by atoms with Crippen molar-refractivity contribution >= 4 is 35.7 Å². The van der Waals surface area contributed by atoms with Crippen LogP contribution in [0.4, 0.5) is 10.5 Å². The van der Waals surface area contributed by atoms with Gasteiger partial charge < -0.3 is 25.0 Å². The first-order chi connectivity index (χ1) is 12.7. The van der Waals surface area contributed by atoms with E-state index >= 15 is 0 Å². The molecule has 2 aromatic rings. The number of nitrogens with zero attached hydrogens (tertiary/aromatic N) is 1. The molecule has 8 heteroatoms. The number of amides is 2. The van der Waals surface area contributed by atoms with Crippen molar-refractivity contribution in [3.05, 3.63) is 53.6 Å². The Balaban J connectivity index is 0.00000261. The number of urea groups is 1.